The Kier molecular flexibility index (Phi) is 18.5. The maximum atomic E-state index is 14.9. The first kappa shape index (κ1) is 57.8. The van der Waals surface area contributed by atoms with Crippen LogP contribution >= 0.6 is 0 Å². The number of ether oxygens (including phenoxy) is 3. The summed E-state index contributed by atoms with van der Waals surface area (Å²) in [5, 5.41) is 21.0. The van der Waals surface area contributed by atoms with E-state index >= 15 is 0 Å². The number of nitrogens with one attached hydrogen (secondary N) is 4. The Morgan fingerprint density at radius 2 is 1.74 bits per heavy atom. The molecule has 5 amide bonds. The average molecular weight is 1070 g/mol. The van der Waals surface area contributed by atoms with Crippen LogP contribution < -0.4 is 38.4 Å². The summed E-state index contributed by atoms with van der Waals surface area (Å²) in [4.78, 5) is 93.0. The molecule has 5 fully saturated rings. The molecule has 5 aliphatic rings. The van der Waals surface area contributed by atoms with Crippen molar-refractivity contribution in [3.8, 4) is 0 Å². The lowest BCUT2D eigenvalue weighted by molar-refractivity contribution is -0.145. The number of anilines is 2. The number of rotatable bonds is 20. The van der Waals surface area contributed by atoms with Gasteiger partial charge in [-0.1, -0.05) is 56.4 Å². The van der Waals surface area contributed by atoms with Crippen LogP contribution in [0.5, 0.6) is 0 Å². The van der Waals surface area contributed by atoms with Crippen LogP contribution in [0.1, 0.15) is 123 Å². The van der Waals surface area contributed by atoms with E-state index in [0.717, 1.165) is 87.6 Å². The fourth-order valence-electron chi connectivity index (χ4n) is 11.6. The van der Waals surface area contributed by atoms with E-state index in [9.17, 15) is 47.4 Å². The van der Waals surface area contributed by atoms with Gasteiger partial charge in [-0.05, 0) is 167 Å². The minimum absolute atomic E-state index is 0.0680. The van der Waals surface area contributed by atoms with Gasteiger partial charge in [-0.25, -0.2) is 19.2 Å². The number of nitrogen functional groups attached to an aromatic ring is 1. The number of nitrogens with two attached hydrogens (primary N) is 2. The molecule has 6 unspecified atom stereocenters. The summed E-state index contributed by atoms with van der Waals surface area (Å²) in [5.41, 5.74) is 12.4. The van der Waals surface area contributed by atoms with Gasteiger partial charge >= 0.3 is 29.9 Å². The summed E-state index contributed by atoms with van der Waals surface area (Å²) in [6, 6.07) is 3.47. The molecule has 5 saturated carbocycles. The highest BCUT2D eigenvalue weighted by Gasteiger charge is 2.58. The molecule has 19 nitrogen and oxygen atoms in total. The molecule has 9 atom stereocenters. The van der Waals surface area contributed by atoms with Gasteiger partial charge < -0.3 is 52.1 Å². The SMILES string of the molecule is C=C1/C(=C\C=C2/CCC[C@@]3(C)C2CCC3[C@@H](C)/C=C/C(OC(=O)NC(C)(C)C(=O)NC(CCCNC(N)=O)C(=O)Nc2ccc(COC(=O)OCC3CC(n4ccc(N)nc4=O)C(F)(F)C3=O)cc2)C2CC2)CCC[C@@H]1O. The monoisotopic (exact) mass is 1070 g/mol. The number of urea groups is 1. The van der Waals surface area contributed by atoms with E-state index in [1.807, 2.05) is 6.08 Å². The number of allylic oxidation sites excluding steroid dienone is 4. The molecule has 2 aromatic rings. The first-order chi connectivity index (χ1) is 36.5. The molecule has 0 saturated heterocycles. The summed E-state index contributed by atoms with van der Waals surface area (Å²) in [5.74, 6) is -7.00. The Bertz CT molecular complexity index is 2700. The summed E-state index contributed by atoms with van der Waals surface area (Å²) in [6.45, 7) is 10.9. The quantitative estimate of drug-likeness (QED) is 0.0386. The van der Waals surface area contributed by atoms with Gasteiger partial charge in [0.1, 0.15) is 42.8 Å². The van der Waals surface area contributed by atoms with Crippen molar-refractivity contribution in [2.75, 3.05) is 24.2 Å². The molecule has 21 heteroatoms. The van der Waals surface area contributed by atoms with Gasteiger partial charge in [0, 0.05) is 18.4 Å². The van der Waals surface area contributed by atoms with Crippen molar-refractivity contribution in [2.24, 2.45) is 40.7 Å². The van der Waals surface area contributed by atoms with Gasteiger partial charge in [0.2, 0.25) is 17.6 Å². The zero-order chi connectivity index (χ0) is 55.8. The molecule has 1 aromatic carbocycles. The standard InChI is InChI=1S/C56H74F2N8O11/c1-32(40-22-23-41-36(10-7-26-55(40,41)5)17-16-35-9-6-12-43(67)33(35)2)13-24-44(37-18-19-37)77-52(73)65-54(3,4)49(70)63-42(11-8-27-61-50(60)71)48(69)62-39-20-14-34(15-21-39)30-75-53(74)76-31-38-29-45(56(57,58)47(38)68)66-28-25-46(59)64-51(66)72/h13-17,20-21,24-25,28,32,37-38,40-45,67H,2,6-12,18-19,22-23,26-27,29-31H2,1,3-5H3,(H,62,69)(H,63,70)(H,65,73)(H2,59,64,72)(H3,60,61,71)/b24-13+,35-16-,36-17+/t32-,38?,40?,41?,42?,43-,44?,45?,55+/m0/s1. The molecule has 0 radical (unpaired) electrons. The summed E-state index contributed by atoms with van der Waals surface area (Å²) in [7, 11) is 0. The molecule has 0 bridgehead atoms. The van der Waals surface area contributed by atoms with Crippen LogP contribution in [-0.2, 0) is 35.2 Å². The minimum atomic E-state index is -3.93. The molecule has 0 spiro atoms. The third-order valence-corrected chi connectivity index (χ3v) is 16.2. The highest BCUT2D eigenvalue weighted by Crippen LogP contribution is 2.59. The molecule has 5 aliphatic carbocycles. The van der Waals surface area contributed by atoms with Crippen molar-refractivity contribution < 1.29 is 56.9 Å². The zero-order valence-corrected chi connectivity index (χ0v) is 44.3. The number of hydrogen-bond acceptors (Lipinski definition) is 13. The van der Waals surface area contributed by atoms with Crippen molar-refractivity contribution in [3.05, 3.63) is 100 Å². The molecule has 77 heavy (non-hydrogen) atoms. The van der Waals surface area contributed by atoms with Crippen LogP contribution in [0.25, 0.3) is 0 Å². The number of amides is 5. The summed E-state index contributed by atoms with van der Waals surface area (Å²) < 4.78 is 46.5. The van der Waals surface area contributed by atoms with Gasteiger partial charge in [0.05, 0.1) is 12.0 Å². The van der Waals surface area contributed by atoms with Crippen molar-refractivity contribution in [2.45, 2.75) is 154 Å². The lowest BCUT2D eigenvalue weighted by Crippen LogP contribution is -2.58. The minimum Gasteiger partial charge on any atom is -0.442 e. The normalized spacial score (nSPS) is 26.4. The van der Waals surface area contributed by atoms with Crippen molar-refractivity contribution in [1.82, 2.24) is 25.5 Å². The number of ketones is 1. The number of benzene rings is 1. The average Bonchev–Trinajstić information content (AvgIpc) is 4.17. The zero-order valence-electron chi connectivity index (χ0n) is 44.3. The number of alkyl carbamates (subject to hydrolysis) is 1. The number of primary amides is 1. The third-order valence-electron chi connectivity index (χ3n) is 16.2. The highest BCUT2D eigenvalue weighted by atomic mass is 19.3. The van der Waals surface area contributed by atoms with E-state index in [-0.39, 0.29) is 49.1 Å². The second-order valence-electron chi connectivity index (χ2n) is 22.1. The van der Waals surface area contributed by atoms with Gasteiger partial charge in [0.25, 0.3) is 0 Å². The number of hydrogen-bond donors (Lipinski definition) is 7. The van der Waals surface area contributed by atoms with Crippen LogP contribution in [0, 0.1) is 35.0 Å². The number of Topliss-reactive ketones (excluding diaryl/α,β-unsaturated/α-hetero) is 1. The van der Waals surface area contributed by atoms with Crippen LogP contribution in [-0.4, -0.2) is 93.4 Å². The molecular weight excluding hydrogens is 999 g/mol. The maximum Gasteiger partial charge on any atom is 0.508 e. The largest absolute Gasteiger partial charge is 0.508 e. The molecule has 1 heterocycles. The second-order valence-corrected chi connectivity index (χ2v) is 22.1. The Morgan fingerprint density at radius 1 is 1.00 bits per heavy atom. The first-order valence-electron chi connectivity index (χ1n) is 26.7. The van der Waals surface area contributed by atoms with Crippen molar-refractivity contribution in [1.29, 1.82) is 0 Å². The van der Waals surface area contributed by atoms with Gasteiger partial charge in [0.15, 0.2) is 0 Å². The number of alkyl halides is 2. The Morgan fingerprint density at radius 3 is 2.44 bits per heavy atom. The number of carbonyl (C=O) groups is 6. The van der Waals surface area contributed by atoms with Crippen molar-refractivity contribution in [3.63, 3.8) is 0 Å². The predicted molar refractivity (Wildman–Crippen MR) is 282 cm³/mol. The summed E-state index contributed by atoms with van der Waals surface area (Å²) >= 11 is 0. The van der Waals surface area contributed by atoms with Crippen LogP contribution in [0.4, 0.5) is 34.7 Å². The maximum absolute atomic E-state index is 14.9. The van der Waals surface area contributed by atoms with Gasteiger partial charge in [-0.15, -0.1) is 0 Å². The topological polar surface area (TPSA) is 285 Å². The van der Waals surface area contributed by atoms with Gasteiger partial charge in [-0.2, -0.15) is 13.8 Å². The molecule has 1 aromatic heterocycles. The Labute approximate surface area is 447 Å². The van der Waals surface area contributed by atoms with Gasteiger partial charge in [-0.3, -0.25) is 19.0 Å². The van der Waals surface area contributed by atoms with Crippen molar-refractivity contribution >= 4 is 47.4 Å². The van der Waals surface area contributed by atoms with E-state index in [1.54, 1.807) is 0 Å². The van der Waals surface area contributed by atoms with E-state index in [1.165, 1.54) is 43.7 Å². The number of nitrogens with zero attached hydrogens (tertiary/aromatic N) is 2. The summed E-state index contributed by atoms with van der Waals surface area (Å²) in [6.07, 6.45) is 16.6. The van der Waals surface area contributed by atoms with Crippen LogP contribution in [0.3, 0.4) is 0 Å². The molecule has 418 valence electrons. The molecule has 9 N–H and O–H groups in total. The van der Waals surface area contributed by atoms with E-state index < -0.39 is 96.3 Å². The number of fused-ring (bicyclic) bond motifs is 1. The lowest BCUT2D eigenvalue weighted by atomic mass is 9.61. The molecule has 7 rings (SSSR count). The Hall–Kier alpha value is -6.90. The van der Waals surface area contributed by atoms with E-state index in [2.05, 4.69) is 64.9 Å². The smallest absolute Gasteiger partial charge is 0.442 e. The predicted octanol–water partition coefficient (Wildman–Crippen LogP) is 7.46. The van der Waals surface area contributed by atoms with E-state index in [0.29, 0.717) is 27.7 Å². The van der Waals surface area contributed by atoms with E-state index in [4.69, 9.17) is 25.7 Å². The first-order valence-corrected chi connectivity index (χ1v) is 26.7. The highest BCUT2D eigenvalue weighted by molar-refractivity contribution is 5.99. The second kappa shape index (κ2) is 24.6. The fourth-order valence-corrected chi connectivity index (χ4v) is 11.6. The van der Waals surface area contributed by atoms with Crippen LogP contribution in [0.15, 0.2) is 88.9 Å². The Balaban J connectivity index is 0.893. The number of aliphatic hydroxyl groups is 1. The number of aromatic nitrogens is 2. The molecular formula is C56H74F2N8O11. The molecule has 0 aliphatic heterocycles. The number of halogens is 2. The lowest BCUT2D eigenvalue weighted by Gasteiger charge is -2.44. The third kappa shape index (κ3) is 14.4. The number of aliphatic hydroxyl groups excluding tert-OH is 1. The number of carbonyl (C=O) groups excluding carboxylic acids is 6. The fraction of sp³-hybridized carbons (Fsp3) is 0.571. The van der Waals surface area contributed by atoms with Crippen LogP contribution in [0.2, 0.25) is 0 Å².